The van der Waals surface area contributed by atoms with Gasteiger partial charge >= 0.3 is 12.1 Å². The summed E-state index contributed by atoms with van der Waals surface area (Å²) < 4.78 is 15.3. The summed E-state index contributed by atoms with van der Waals surface area (Å²) in [6.07, 6.45) is 0.389. The third kappa shape index (κ3) is 9.19. The van der Waals surface area contributed by atoms with Gasteiger partial charge in [-0.05, 0) is 27.2 Å². The lowest BCUT2D eigenvalue weighted by molar-refractivity contribution is -0.146. The lowest BCUT2D eigenvalue weighted by Crippen LogP contribution is -2.34. The van der Waals surface area contributed by atoms with Crippen LogP contribution in [-0.4, -0.2) is 55.6 Å². The van der Waals surface area contributed by atoms with Gasteiger partial charge in [-0.15, -0.1) is 0 Å². The molecule has 0 aliphatic heterocycles. The predicted molar refractivity (Wildman–Crippen MR) is 88.0 cm³/mol. The molecule has 0 bridgehead atoms. The molecule has 1 rings (SSSR count). The fourth-order valence-corrected chi connectivity index (χ4v) is 2.26. The summed E-state index contributed by atoms with van der Waals surface area (Å²) in [5.74, 6) is -1.19. The van der Waals surface area contributed by atoms with Crippen molar-refractivity contribution in [2.75, 3.05) is 26.4 Å². The van der Waals surface area contributed by atoms with Crippen LogP contribution in [0.15, 0.2) is 0 Å². The molecular weight excluding hydrogens is 330 g/mol. The number of ether oxygens (including phenoxy) is 3. The Morgan fingerprint density at radius 1 is 1.08 bits per heavy atom. The van der Waals surface area contributed by atoms with Crippen LogP contribution in [0.2, 0.25) is 0 Å². The van der Waals surface area contributed by atoms with E-state index in [4.69, 9.17) is 14.2 Å². The van der Waals surface area contributed by atoms with Crippen LogP contribution < -0.4 is 5.32 Å². The molecule has 0 aromatic carbocycles. The minimum atomic E-state index is -0.608. The van der Waals surface area contributed by atoms with Gasteiger partial charge in [-0.3, -0.25) is 14.4 Å². The predicted octanol–water partition coefficient (Wildman–Crippen LogP) is 1.40. The zero-order valence-electron chi connectivity index (χ0n) is 15.1. The fraction of sp³-hybridized carbons (Fsp3) is 0.765. The topological polar surface area (TPSA) is 108 Å². The summed E-state index contributed by atoms with van der Waals surface area (Å²) in [6, 6.07) is 0. The van der Waals surface area contributed by atoms with Crippen molar-refractivity contribution in [2.24, 2.45) is 5.92 Å². The van der Waals surface area contributed by atoms with E-state index in [0.29, 0.717) is 12.8 Å². The molecule has 0 atom stereocenters. The lowest BCUT2D eigenvalue weighted by atomic mass is 10.0. The van der Waals surface area contributed by atoms with E-state index >= 15 is 0 Å². The van der Waals surface area contributed by atoms with Gasteiger partial charge in [0.2, 0.25) is 0 Å². The molecule has 0 radical (unpaired) electrons. The van der Waals surface area contributed by atoms with E-state index in [1.54, 1.807) is 20.8 Å². The number of ketones is 2. The van der Waals surface area contributed by atoms with E-state index in [1.165, 1.54) is 0 Å². The average Bonchev–Trinajstić information content (AvgIpc) is 2.80. The molecule has 1 saturated carbocycles. The molecule has 1 fully saturated rings. The van der Waals surface area contributed by atoms with Crippen LogP contribution in [0.25, 0.3) is 0 Å². The second kappa shape index (κ2) is 10.1. The Labute approximate surface area is 147 Å². The molecule has 0 aromatic rings. The second-order valence-corrected chi connectivity index (χ2v) is 6.79. The first-order valence-electron chi connectivity index (χ1n) is 8.44. The summed E-state index contributed by atoms with van der Waals surface area (Å²) >= 11 is 0. The highest BCUT2D eigenvalue weighted by molar-refractivity contribution is 6.08. The van der Waals surface area contributed by atoms with E-state index < -0.39 is 23.6 Å². The van der Waals surface area contributed by atoms with Crippen LogP contribution in [0.4, 0.5) is 4.79 Å². The molecule has 1 amide bonds. The van der Waals surface area contributed by atoms with E-state index in [1.807, 2.05) is 0 Å². The lowest BCUT2D eigenvalue weighted by Gasteiger charge is -2.19. The van der Waals surface area contributed by atoms with Gasteiger partial charge in [-0.2, -0.15) is 0 Å². The first kappa shape index (κ1) is 21.1. The first-order valence-corrected chi connectivity index (χ1v) is 8.44. The van der Waals surface area contributed by atoms with Crippen molar-refractivity contribution in [3.63, 3.8) is 0 Å². The Balaban J connectivity index is 1.99. The van der Waals surface area contributed by atoms with Crippen LogP contribution in [0.3, 0.4) is 0 Å². The second-order valence-electron chi connectivity index (χ2n) is 6.79. The van der Waals surface area contributed by atoms with Gasteiger partial charge in [-0.1, -0.05) is 0 Å². The van der Waals surface area contributed by atoms with E-state index in [-0.39, 0.29) is 50.8 Å². The summed E-state index contributed by atoms with van der Waals surface area (Å²) in [6.45, 7) is 6.05. The largest absolute Gasteiger partial charge is 0.466 e. The zero-order chi connectivity index (χ0) is 18.9. The third-order valence-electron chi connectivity index (χ3n) is 3.43. The molecule has 1 aliphatic carbocycles. The van der Waals surface area contributed by atoms with Crippen LogP contribution in [0, 0.1) is 5.92 Å². The molecule has 0 spiro atoms. The average molecular weight is 357 g/mol. The van der Waals surface area contributed by atoms with Crippen LogP contribution >= 0.6 is 0 Å². The zero-order valence-corrected chi connectivity index (χ0v) is 15.1. The number of alkyl carbamates (subject to hydrolysis) is 1. The molecule has 1 N–H and O–H groups in total. The molecule has 0 unspecified atom stereocenters. The van der Waals surface area contributed by atoms with Gasteiger partial charge in [0.25, 0.3) is 0 Å². The van der Waals surface area contributed by atoms with Gasteiger partial charge < -0.3 is 19.5 Å². The minimum absolute atomic E-state index is 0.0567. The van der Waals surface area contributed by atoms with Crippen molar-refractivity contribution in [1.82, 2.24) is 5.32 Å². The summed E-state index contributed by atoms with van der Waals surface area (Å²) in [7, 11) is 0. The van der Waals surface area contributed by atoms with Crippen molar-refractivity contribution in [2.45, 2.75) is 52.1 Å². The van der Waals surface area contributed by atoms with Crippen molar-refractivity contribution in [3.05, 3.63) is 0 Å². The standard InChI is InChI=1S/C17H27NO7/c1-17(2,3)25-16(22)18-8-11-23-9-7-15(21)24-10-6-12-13(19)4-5-14(12)20/h12H,4-11H2,1-3H3,(H,18,22). The van der Waals surface area contributed by atoms with Gasteiger partial charge in [0.05, 0.1) is 32.2 Å². The van der Waals surface area contributed by atoms with Crippen LogP contribution in [-0.2, 0) is 28.6 Å². The number of carbonyl (C=O) groups is 4. The maximum absolute atomic E-state index is 11.5. The van der Waals surface area contributed by atoms with Gasteiger partial charge in [0, 0.05) is 19.4 Å². The number of esters is 1. The number of amides is 1. The quantitative estimate of drug-likeness (QED) is 0.377. The SMILES string of the molecule is CC(C)(C)OC(=O)NCCOCCC(=O)OCCC1C(=O)CCC1=O. The Morgan fingerprint density at radius 3 is 2.32 bits per heavy atom. The Bertz CT molecular complexity index is 480. The van der Waals surface area contributed by atoms with Crippen molar-refractivity contribution < 1.29 is 33.4 Å². The highest BCUT2D eigenvalue weighted by Gasteiger charge is 2.32. The van der Waals surface area contributed by atoms with Crippen molar-refractivity contribution >= 4 is 23.6 Å². The molecule has 0 saturated heterocycles. The van der Waals surface area contributed by atoms with Crippen molar-refractivity contribution in [3.8, 4) is 0 Å². The molecule has 8 nitrogen and oxygen atoms in total. The number of nitrogens with one attached hydrogen (secondary N) is 1. The maximum Gasteiger partial charge on any atom is 0.407 e. The Kier molecular flexibility index (Phi) is 8.54. The summed E-state index contributed by atoms with van der Waals surface area (Å²) in [5, 5.41) is 2.53. The van der Waals surface area contributed by atoms with Crippen LogP contribution in [0.1, 0.15) is 46.5 Å². The minimum Gasteiger partial charge on any atom is -0.466 e. The molecule has 0 aromatic heterocycles. The smallest absolute Gasteiger partial charge is 0.407 e. The number of Topliss-reactive ketones (excluding diaryl/α,β-unsaturated/α-hetero) is 2. The van der Waals surface area contributed by atoms with Crippen LogP contribution in [0.5, 0.6) is 0 Å². The number of hydrogen-bond acceptors (Lipinski definition) is 7. The van der Waals surface area contributed by atoms with Gasteiger partial charge in [0.15, 0.2) is 0 Å². The van der Waals surface area contributed by atoms with E-state index in [0.717, 1.165) is 0 Å². The van der Waals surface area contributed by atoms with E-state index in [9.17, 15) is 19.2 Å². The molecule has 1 aliphatic rings. The molecule has 8 heteroatoms. The number of carbonyl (C=O) groups excluding carboxylic acids is 4. The monoisotopic (exact) mass is 357 g/mol. The highest BCUT2D eigenvalue weighted by Crippen LogP contribution is 2.20. The van der Waals surface area contributed by atoms with Gasteiger partial charge in [0.1, 0.15) is 17.2 Å². The normalized spacial score (nSPS) is 15.3. The van der Waals surface area contributed by atoms with Gasteiger partial charge in [-0.25, -0.2) is 4.79 Å². The Morgan fingerprint density at radius 2 is 1.72 bits per heavy atom. The maximum atomic E-state index is 11.5. The first-order chi connectivity index (χ1) is 11.7. The fourth-order valence-electron chi connectivity index (χ4n) is 2.26. The number of rotatable bonds is 9. The molecule has 25 heavy (non-hydrogen) atoms. The molecule has 0 heterocycles. The summed E-state index contributed by atoms with van der Waals surface area (Å²) in [4.78, 5) is 45.8. The van der Waals surface area contributed by atoms with Crippen molar-refractivity contribution in [1.29, 1.82) is 0 Å². The summed E-state index contributed by atoms with van der Waals surface area (Å²) in [5.41, 5.74) is -0.553. The number of hydrogen-bond donors (Lipinski definition) is 1. The molecule has 142 valence electrons. The third-order valence-corrected chi connectivity index (χ3v) is 3.43. The van der Waals surface area contributed by atoms with E-state index in [2.05, 4.69) is 5.32 Å². The highest BCUT2D eigenvalue weighted by atomic mass is 16.6. The molecular formula is C17H27NO7. The Hall–Kier alpha value is -1.96.